The van der Waals surface area contributed by atoms with E-state index in [0.29, 0.717) is 44.6 Å². The summed E-state index contributed by atoms with van der Waals surface area (Å²) in [6.45, 7) is 9.94. The van der Waals surface area contributed by atoms with Gasteiger partial charge in [0.1, 0.15) is 17.1 Å². The van der Waals surface area contributed by atoms with E-state index < -0.39 is 5.60 Å². The third kappa shape index (κ3) is 10.4. The summed E-state index contributed by atoms with van der Waals surface area (Å²) in [5.74, 6) is 0.0460. The molecular formula is C27H38O7. The van der Waals surface area contributed by atoms with Gasteiger partial charge in [-0.15, -0.1) is 0 Å². The van der Waals surface area contributed by atoms with Gasteiger partial charge in [0.25, 0.3) is 0 Å². The standard InChI is InChI=1S/C27H38O7/c1-5-24(28)32-19-9-7-6-8-18-31-22-14-16-23(17-15-22)33-25(29)20-10-12-21(13-11-20)26(30)34-27(2,3)4/h5,14-17,20-21H,1,6-13,18-19H2,2-4H3. The highest BCUT2D eigenvalue weighted by atomic mass is 16.6. The molecule has 0 radical (unpaired) electrons. The molecule has 1 aliphatic rings. The second kappa shape index (κ2) is 13.8. The molecule has 0 N–H and O–H groups in total. The van der Waals surface area contributed by atoms with Gasteiger partial charge in [-0.05, 0) is 96.4 Å². The van der Waals surface area contributed by atoms with Gasteiger partial charge in [0.05, 0.1) is 25.0 Å². The lowest BCUT2D eigenvalue weighted by Crippen LogP contribution is -2.33. The van der Waals surface area contributed by atoms with Gasteiger partial charge in [0, 0.05) is 6.08 Å². The van der Waals surface area contributed by atoms with Crippen LogP contribution < -0.4 is 9.47 Å². The van der Waals surface area contributed by atoms with Crippen molar-refractivity contribution in [2.75, 3.05) is 13.2 Å². The van der Waals surface area contributed by atoms with E-state index in [1.54, 1.807) is 24.3 Å². The Morgan fingerprint density at radius 1 is 0.853 bits per heavy atom. The predicted octanol–water partition coefficient (Wildman–Crippen LogP) is 5.41. The molecule has 2 rings (SSSR count). The zero-order chi connectivity index (χ0) is 25.0. The second-order valence-corrected chi connectivity index (χ2v) is 9.61. The molecule has 7 heteroatoms. The maximum atomic E-state index is 12.5. The first-order chi connectivity index (χ1) is 16.2. The first-order valence-electron chi connectivity index (χ1n) is 12.1. The summed E-state index contributed by atoms with van der Waals surface area (Å²) in [5, 5.41) is 0. The van der Waals surface area contributed by atoms with Gasteiger partial charge >= 0.3 is 17.9 Å². The third-order valence-corrected chi connectivity index (χ3v) is 5.56. The van der Waals surface area contributed by atoms with Crippen LogP contribution in [0.3, 0.4) is 0 Å². The Bertz CT molecular complexity index is 799. The number of carbonyl (C=O) groups excluding carboxylic acids is 3. The van der Waals surface area contributed by atoms with E-state index in [-0.39, 0.29) is 29.7 Å². The summed E-state index contributed by atoms with van der Waals surface area (Å²) in [4.78, 5) is 35.7. The van der Waals surface area contributed by atoms with Crippen LogP contribution in [0.4, 0.5) is 0 Å². The van der Waals surface area contributed by atoms with Crippen molar-refractivity contribution in [2.45, 2.75) is 77.7 Å². The van der Waals surface area contributed by atoms with E-state index in [4.69, 9.17) is 18.9 Å². The van der Waals surface area contributed by atoms with Crippen LogP contribution in [0, 0.1) is 11.8 Å². The van der Waals surface area contributed by atoms with Crippen LogP contribution in [-0.4, -0.2) is 36.7 Å². The molecule has 0 saturated heterocycles. The fourth-order valence-corrected chi connectivity index (χ4v) is 3.73. The number of hydrogen-bond acceptors (Lipinski definition) is 7. The molecule has 0 atom stereocenters. The molecule has 1 saturated carbocycles. The summed E-state index contributed by atoms with van der Waals surface area (Å²) >= 11 is 0. The molecule has 1 aliphatic carbocycles. The molecule has 0 aromatic heterocycles. The molecule has 0 aliphatic heterocycles. The lowest BCUT2D eigenvalue weighted by molar-refractivity contribution is -0.162. The van der Waals surface area contributed by atoms with Crippen molar-refractivity contribution in [1.82, 2.24) is 0 Å². The van der Waals surface area contributed by atoms with Crippen molar-refractivity contribution < 1.29 is 33.3 Å². The third-order valence-electron chi connectivity index (χ3n) is 5.56. The van der Waals surface area contributed by atoms with E-state index in [2.05, 4.69) is 6.58 Å². The zero-order valence-corrected chi connectivity index (χ0v) is 20.7. The molecule has 7 nitrogen and oxygen atoms in total. The molecule has 34 heavy (non-hydrogen) atoms. The van der Waals surface area contributed by atoms with Crippen molar-refractivity contribution in [3.8, 4) is 11.5 Å². The molecule has 0 heterocycles. The number of rotatable bonds is 12. The molecule has 1 fully saturated rings. The molecule has 188 valence electrons. The average Bonchev–Trinajstić information content (AvgIpc) is 2.80. The van der Waals surface area contributed by atoms with Crippen LogP contribution in [0.2, 0.25) is 0 Å². The van der Waals surface area contributed by atoms with Gasteiger partial charge in [-0.2, -0.15) is 0 Å². The Balaban J connectivity index is 1.62. The topological polar surface area (TPSA) is 88.1 Å². The minimum Gasteiger partial charge on any atom is -0.494 e. The van der Waals surface area contributed by atoms with Crippen LogP contribution in [0.15, 0.2) is 36.9 Å². The lowest BCUT2D eigenvalue weighted by atomic mass is 9.82. The van der Waals surface area contributed by atoms with Crippen molar-refractivity contribution in [3.63, 3.8) is 0 Å². The van der Waals surface area contributed by atoms with E-state index in [9.17, 15) is 14.4 Å². The fraction of sp³-hybridized carbons (Fsp3) is 0.593. The summed E-state index contributed by atoms with van der Waals surface area (Å²) in [7, 11) is 0. The van der Waals surface area contributed by atoms with Crippen molar-refractivity contribution >= 4 is 17.9 Å². The van der Waals surface area contributed by atoms with E-state index >= 15 is 0 Å². The molecule has 0 amide bonds. The highest BCUT2D eigenvalue weighted by molar-refractivity contribution is 5.81. The highest BCUT2D eigenvalue weighted by Crippen LogP contribution is 2.32. The molecule has 0 unspecified atom stereocenters. The van der Waals surface area contributed by atoms with Gasteiger partial charge in [0.15, 0.2) is 0 Å². The van der Waals surface area contributed by atoms with Gasteiger partial charge < -0.3 is 18.9 Å². The summed E-state index contributed by atoms with van der Waals surface area (Å²) in [6.07, 6.45) is 7.36. The zero-order valence-electron chi connectivity index (χ0n) is 20.7. The number of ether oxygens (including phenoxy) is 4. The van der Waals surface area contributed by atoms with Gasteiger partial charge in [0.2, 0.25) is 0 Å². The number of unbranched alkanes of at least 4 members (excludes halogenated alkanes) is 3. The lowest BCUT2D eigenvalue weighted by Gasteiger charge is -2.28. The minimum absolute atomic E-state index is 0.144. The molecule has 1 aromatic carbocycles. The first kappa shape index (κ1) is 27.4. The normalized spacial score (nSPS) is 18.0. The van der Waals surface area contributed by atoms with Crippen molar-refractivity contribution in [3.05, 3.63) is 36.9 Å². The Labute approximate surface area is 202 Å². The summed E-state index contributed by atoms with van der Waals surface area (Å²) in [6, 6.07) is 7.04. The smallest absolute Gasteiger partial charge is 0.330 e. The Morgan fingerprint density at radius 3 is 1.94 bits per heavy atom. The quantitative estimate of drug-likeness (QED) is 0.173. The van der Waals surface area contributed by atoms with Crippen LogP contribution in [0.1, 0.15) is 72.1 Å². The van der Waals surface area contributed by atoms with Gasteiger partial charge in [-0.25, -0.2) is 4.79 Å². The average molecular weight is 475 g/mol. The van der Waals surface area contributed by atoms with Gasteiger partial charge in [-0.1, -0.05) is 6.58 Å². The van der Waals surface area contributed by atoms with Crippen LogP contribution in [-0.2, 0) is 23.9 Å². The number of carbonyl (C=O) groups is 3. The molecule has 0 spiro atoms. The number of esters is 3. The maximum Gasteiger partial charge on any atom is 0.330 e. The first-order valence-corrected chi connectivity index (χ1v) is 12.1. The highest BCUT2D eigenvalue weighted by Gasteiger charge is 2.33. The van der Waals surface area contributed by atoms with Crippen molar-refractivity contribution in [2.24, 2.45) is 11.8 Å². The summed E-state index contributed by atoms with van der Waals surface area (Å²) in [5.41, 5.74) is -0.494. The van der Waals surface area contributed by atoms with Crippen LogP contribution in [0.5, 0.6) is 11.5 Å². The van der Waals surface area contributed by atoms with Crippen LogP contribution >= 0.6 is 0 Å². The van der Waals surface area contributed by atoms with Crippen molar-refractivity contribution in [1.29, 1.82) is 0 Å². The molecule has 1 aromatic rings. The SMILES string of the molecule is C=CC(=O)OCCCCCCOc1ccc(OC(=O)C2CCC(C(=O)OC(C)(C)C)CC2)cc1. The molecular weight excluding hydrogens is 436 g/mol. The Morgan fingerprint density at radius 2 is 1.38 bits per heavy atom. The van der Waals surface area contributed by atoms with Crippen LogP contribution in [0.25, 0.3) is 0 Å². The number of hydrogen-bond donors (Lipinski definition) is 0. The Hall–Kier alpha value is -2.83. The van der Waals surface area contributed by atoms with E-state index in [1.807, 2.05) is 20.8 Å². The Kier molecular flexibility index (Phi) is 11.1. The summed E-state index contributed by atoms with van der Waals surface area (Å²) < 4.78 is 21.7. The van der Waals surface area contributed by atoms with E-state index in [0.717, 1.165) is 31.4 Å². The predicted molar refractivity (Wildman–Crippen MR) is 128 cm³/mol. The largest absolute Gasteiger partial charge is 0.494 e. The van der Waals surface area contributed by atoms with Gasteiger partial charge in [-0.3, -0.25) is 9.59 Å². The molecule has 0 bridgehead atoms. The maximum absolute atomic E-state index is 12.5. The minimum atomic E-state index is -0.494. The second-order valence-electron chi connectivity index (χ2n) is 9.61. The van der Waals surface area contributed by atoms with E-state index in [1.165, 1.54) is 6.08 Å². The monoisotopic (exact) mass is 474 g/mol. The number of benzene rings is 1. The fourth-order valence-electron chi connectivity index (χ4n) is 3.73.